The summed E-state index contributed by atoms with van der Waals surface area (Å²) in [6.07, 6.45) is 3.27. The summed E-state index contributed by atoms with van der Waals surface area (Å²) in [7, 11) is 0. The van der Waals surface area contributed by atoms with Gasteiger partial charge in [0.05, 0.1) is 6.04 Å². The van der Waals surface area contributed by atoms with Gasteiger partial charge in [-0.25, -0.2) is 4.39 Å². The molecule has 1 heterocycles. The summed E-state index contributed by atoms with van der Waals surface area (Å²) in [5.74, 6) is 0.447. The lowest BCUT2D eigenvalue weighted by Gasteiger charge is -2.35. The van der Waals surface area contributed by atoms with Crippen LogP contribution in [0.4, 0.5) is 4.39 Å². The zero-order valence-electron chi connectivity index (χ0n) is 12.9. The van der Waals surface area contributed by atoms with Crippen LogP contribution >= 0.6 is 0 Å². The third-order valence-corrected chi connectivity index (χ3v) is 4.10. The number of likely N-dealkylation sites (tertiary alicyclic amines) is 1. The van der Waals surface area contributed by atoms with Gasteiger partial charge >= 0.3 is 0 Å². The van der Waals surface area contributed by atoms with E-state index in [1.807, 2.05) is 19.1 Å². The number of rotatable bonds is 3. The van der Waals surface area contributed by atoms with Gasteiger partial charge in [-0.2, -0.15) is 0 Å². The summed E-state index contributed by atoms with van der Waals surface area (Å²) >= 11 is 0. The lowest BCUT2D eigenvalue weighted by atomic mass is 9.94. The van der Waals surface area contributed by atoms with Crippen LogP contribution in [0.2, 0.25) is 0 Å². The Balaban J connectivity index is 2.36. The molecule has 0 radical (unpaired) electrons. The molecule has 0 spiro atoms. The largest absolute Gasteiger partial charge is 0.326 e. The van der Waals surface area contributed by atoms with Crippen LogP contribution < -0.4 is 5.73 Å². The Labute approximate surface area is 122 Å². The summed E-state index contributed by atoms with van der Waals surface area (Å²) in [5.41, 5.74) is 8.26. The fourth-order valence-electron chi connectivity index (χ4n) is 3.25. The average molecular weight is 278 g/mol. The second kappa shape index (κ2) is 6.68. The molecule has 2 rings (SSSR count). The molecule has 1 aromatic carbocycles. The summed E-state index contributed by atoms with van der Waals surface area (Å²) in [5, 5.41) is 0. The Morgan fingerprint density at radius 1 is 1.35 bits per heavy atom. The van der Waals surface area contributed by atoms with E-state index in [0.29, 0.717) is 5.92 Å². The minimum Gasteiger partial charge on any atom is -0.326 e. The van der Waals surface area contributed by atoms with Crippen LogP contribution in [-0.4, -0.2) is 24.0 Å². The smallest absolute Gasteiger partial charge is 0.128 e. The fourth-order valence-corrected chi connectivity index (χ4v) is 3.25. The SMILES string of the molecule is Cc1ccc(F)c(C2C(N)CCCCN2CC(C)C)c1. The minimum atomic E-state index is -0.119. The Morgan fingerprint density at radius 3 is 2.80 bits per heavy atom. The number of nitrogens with zero attached hydrogens (tertiary/aromatic N) is 1. The van der Waals surface area contributed by atoms with E-state index in [0.717, 1.165) is 43.5 Å². The van der Waals surface area contributed by atoms with Crippen LogP contribution in [0.15, 0.2) is 18.2 Å². The van der Waals surface area contributed by atoms with E-state index in [2.05, 4.69) is 18.7 Å². The summed E-state index contributed by atoms with van der Waals surface area (Å²) in [6, 6.07) is 5.41. The maximum Gasteiger partial charge on any atom is 0.128 e. The van der Waals surface area contributed by atoms with Crippen molar-refractivity contribution in [2.45, 2.75) is 52.1 Å². The predicted molar refractivity (Wildman–Crippen MR) is 82.1 cm³/mol. The van der Waals surface area contributed by atoms with E-state index in [-0.39, 0.29) is 17.9 Å². The zero-order chi connectivity index (χ0) is 14.7. The Hall–Kier alpha value is -0.930. The number of hydrogen-bond donors (Lipinski definition) is 1. The number of aryl methyl sites for hydroxylation is 1. The van der Waals surface area contributed by atoms with E-state index in [1.54, 1.807) is 6.07 Å². The molecule has 20 heavy (non-hydrogen) atoms. The van der Waals surface area contributed by atoms with Crippen molar-refractivity contribution in [2.75, 3.05) is 13.1 Å². The molecule has 0 aromatic heterocycles. The first-order valence-corrected chi connectivity index (χ1v) is 7.74. The third-order valence-electron chi connectivity index (χ3n) is 4.10. The molecule has 1 saturated heterocycles. The lowest BCUT2D eigenvalue weighted by molar-refractivity contribution is 0.162. The van der Waals surface area contributed by atoms with Crippen molar-refractivity contribution in [1.29, 1.82) is 0 Å². The Morgan fingerprint density at radius 2 is 2.10 bits per heavy atom. The quantitative estimate of drug-likeness (QED) is 0.914. The molecule has 2 unspecified atom stereocenters. The molecule has 1 aromatic rings. The minimum absolute atomic E-state index is 0.0137. The maximum absolute atomic E-state index is 14.3. The molecule has 0 amide bonds. The number of hydrogen-bond acceptors (Lipinski definition) is 2. The van der Waals surface area contributed by atoms with Crippen LogP contribution in [0, 0.1) is 18.7 Å². The van der Waals surface area contributed by atoms with Crippen LogP contribution in [0.3, 0.4) is 0 Å². The van der Waals surface area contributed by atoms with Crippen molar-refractivity contribution in [3.63, 3.8) is 0 Å². The molecule has 1 fully saturated rings. The average Bonchev–Trinajstić information content (AvgIpc) is 2.54. The van der Waals surface area contributed by atoms with Crippen molar-refractivity contribution in [3.8, 4) is 0 Å². The van der Waals surface area contributed by atoms with E-state index < -0.39 is 0 Å². The summed E-state index contributed by atoms with van der Waals surface area (Å²) in [4.78, 5) is 2.39. The predicted octanol–water partition coefficient (Wildman–Crippen LogP) is 3.64. The van der Waals surface area contributed by atoms with Crippen LogP contribution in [0.25, 0.3) is 0 Å². The highest BCUT2D eigenvalue weighted by Gasteiger charge is 2.31. The molecule has 0 saturated carbocycles. The van der Waals surface area contributed by atoms with Crippen molar-refractivity contribution in [2.24, 2.45) is 11.7 Å². The van der Waals surface area contributed by atoms with Gasteiger partial charge in [-0.05, 0) is 38.3 Å². The van der Waals surface area contributed by atoms with Crippen LogP contribution in [-0.2, 0) is 0 Å². The van der Waals surface area contributed by atoms with E-state index in [1.165, 1.54) is 0 Å². The first-order valence-electron chi connectivity index (χ1n) is 7.74. The topological polar surface area (TPSA) is 29.3 Å². The number of benzene rings is 1. The van der Waals surface area contributed by atoms with Gasteiger partial charge in [0.15, 0.2) is 0 Å². The first kappa shape index (κ1) is 15.5. The van der Waals surface area contributed by atoms with Crippen molar-refractivity contribution in [3.05, 3.63) is 35.1 Å². The second-order valence-electron chi connectivity index (χ2n) is 6.52. The Kier molecular flexibility index (Phi) is 5.17. The molecule has 2 nitrogen and oxygen atoms in total. The second-order valence-corrected chi connectivity index (χ2v) is 6.52. The van der Waals surface area contributed by atoms with Gasteiger partial charge in [-0.15, -0.1) is 0 Å². The summed E-state index contributed by atoms with van der Waals surface area (Å²) in [6.45, 7) is 8.42. The van der Waals surface area contributed by atoms with Gasteiger partial charge in [-0.1, -0.05) is 38.0 Å². The van der Waals surface area contributed by atoms with Gasteiger partial charge in [0, 0.05) is 18.2 Å². The monoisotopic (exact) mass is 278 g/mol. The van der Waals surface area contributed by atoms with Gasteiger partial charge in [-0.3, -0.25) is 4.90 Å². The van der Waals surface area contributed by atoms with Crippen LogP contribution in [0.5, 0.6) is 0 Å². The van der Waals surface area contributed by atoms with Gasteiger partial charge in [0.25, 0.3) is 0 Å². The zero-order valence-corrected chi connectivity index (χ0v) is 12.9. The number of nitrogens with two attached hydrogens (primary N) is 1. The number of halogens is 1. The normalized spacial score (nSPS) is 24.9. The highest BCUT2D eigenvalue weighted by atomic mass is 19.1. The summed E-state index contributed by atoms with van der Waals surface area (Å²) < 4.78 is 14.3. The molecule has 2 atom stereocenters. The molecule has 3 heteroatoms. The maximum atomic E-state index is 14.3. The third kappa shape index (κ3) is 3.58. The van der Waals surface area contributed by atoms with Gasteiger partial charge in [0.2, 0.25) is 0 Å². The van der Waals surface area contributed by atoms with E-state index in [4.69, 9.17) is 5.73 Å². The molecule has 112 valence electrons. The van der Waals surface area contributed by atoms with Gasteiger partial charge < -0.3 is 5.73 Å². The van der Waals surface area contributed by atoms with E-state index in [9.17, 15) is 4.39 Å². The molecular weight excluding hydrogens is 251 g/mol. The molecule has 0 bridgehead atoms. The lowest BCUT2D eigenvalue weighted by Crippen LogP contribution is -2.41. The van der Waals surface area contributed by atoms with Crippen LogP contribution in [0.1, 0.15) is 50.3 Å². The molecule has 0 aliphatic carbocycles. The first-order chi connectivity index (χ1) is 9.49. The fraction of sp³-hybridized carbons (Fsp3) is 0.647. The molecule has 2 N–H and O–H groups in total. The molecular formula is C17H27FN2. The standard InChI is InChI=1S/C17H27FN2/c1-12(2)11-20-9-5-4-6-16(19)17(20)14-10-13(3)7-8-15(14)18/h7-8,10,12,16-17H,4-6,9,11,19H2,1-3H3. The highest BCUT2D eigenvalue weighted by molar-refractivity contribution is 5.28. The van der Waals surface area contributed by atoms with Crippen molar-refractivity contribution < 1.29 is 4.39 Å². The van der Waals surface area contributed by atoms with E-state index >= 15 is 0 Å². The van der Waals surface area contributed by atoms with Gasteiger partial charge in [0.1, 0.15) is 5.82 Å². The van der Waals surface area contributed by atoms with Crippen molar-refractivity contribution >= 4 is 0 Å². The Bertz CT molecular complexity index is 445. The molecule has 1 aliphatic heterocycles. The highest BCUT2D eigenvalue weighted by Crippen LogP contribution is 2.32. The molecule has 1 aliphatic rings. The van der Waals surface area contributed by atoms with Crippen molar-refractivity contribution in [1.82, 2.24) is 4.90 Å².